The third-order valence-corrected chi connectivity index (χ3v) is 2.35. The Bertz CT molecular complexity index is 416. The second-order valence-electron chi connectivity index (χ2n) is 2.35. The number of aromatic nitrogens is 2. The number of sulfone groups is 1. The Morgan fingerprint density at radius 1 is 1.62 bits per heavy atom. The molecular weight excluding hydrogens is 196 g/mol. The summed E-state index contributed by atoms with van der Waals surface area (Å²) in [5.74, 6) is 5.06. The molecule has 3 N–H and O–H groups in total. The molecule has 0 aliphatic carbocycles. The van der Waals surface area contributed by atoms with E-state index in [1.807, 2.05) is 0 Å². The SMILES string of the molecule is CS(=O)(=O)c1ccc(NN)n[n+]1[O-]. The zero-order valence-electron chi connectivity index (χ0n) is 6.76. The van der Waals surface area contributed by atoms with Crippen LogP contribution < -0.4 is 16.1 Å². The maximum atomic E-state index is 11.0. The van der Waals surface area contributed by atoms with Crippen molar-refractivity contribution < 1.29 is 13.3 Å². The van der Waals surface area contributed by atoms with Crippen LogP contribution in [0.4, 0.5) is 5.82 Å². The van der Waals surface area contributed by atoms with Crippen LogP contribution in [0.3, 0.4) is 0 Å². The minimum absolute atomic E-state index is 0.00449. The molecular formula is C5H8N4O3S. The molecule has 0 spiro atoms. The number of nitrogens with one attached hydrogen (secondary N) is 1. The van der Waals surface area contributed by atoms with Crippen molar-refractivity contribution in [3.05, 3.63) is 17.3 Å². The van der Waals surface area contributed by atoms with Gasteiger partial charge >= 0.3 is 5.03 Å². The Morgan fingerprint density at radius 3 is 2.62 bits per heavy atom. The van der Waals surface area contributed by atoms with Gasteiger partial charge in [-0.2, -0.15) is 0 Å². The van der Waals surface area contributed by atoms with Gasteiger partial charge in [0.1, 0.15) is 0 Å². The predicted octanol–water partition coefficient (Wildman–Crippen LogP) is -1.60. The molecule has 0 aliphatic heterocycles. The number of nitrogen functional groups attached to an aromatic ring is 1. The number of nitrogens with zero attached hydrogens (tertiary/aromatic N) is 2. The van der Waals surface area contributed by atoms with Crippen LogP contribution in [-0.4, -0.2) is 19.8 Å². The van der Waals surface area contributed by atoms with E-state index in [-0.39, 0.29) is 10.7 Å². The molecule has 1 heterocycles. The molecule has 13 heavy (non-hydrogen) atoms. The highest BCUT2D eigenvalue weighted by Gasteiger charge is 2.19. The monoisotopic (exact) mass is 204 g/mol. The molecule has 0 unspecified atom stereocenters. The second kappa shape index (κ2) is 3.15. The number of hydrogen-bond donors (Lipinski definition) is 2. The molecule has 0 atom stereocenters. The van der Waals surface area contributed by atoms with Crippen molar-refractivity contribution in [3.63, 3.8) is 0 Å². The number of rotatable bonds is 2. The van der Waals surface area contributed by atoms with Crippen molar-refractivity contribution in [1.29, 1.82) is 0 Å². The molecule has 7 nitrogen and oxygen atoms in total. The molecule has 0 aliphatic rings. The van der Waals surface area contributed by atoms with Gasteiger partial charge in [-0.25, -0.2) is 14.3 Å². The highest BCUT2D eigenvalue weighted by Crippen LogP contribution is 2.03. The lowest BCUT2D eigenvalue weighted by Crippen LogP contribution is -2.38. The molecule has 0 bridgehead atoms. The maximum absolute atomic E-state index is 11.0. The standard InChI is InChI=1S/C5H8N4O3S/c1-13(11,12)5-3-2-4(7-6)8-9(5)10/h2-3H,6H2,1H3,(H,7,8). The van der Waals surface area contributed by atoms with Crippen LogP contribution in [0, 0.1) is 5.21 Å². The molecule has 0 saturated carbocycles. The summed E-state index contributed by atoms with van der Waals surface area (Å²) in [6.07, 6.45) is 0.925. The third kappa shape index (κ3) is 2.04. The first-order valence-electron chi connectivity index (χ1n) is 3.22. The second-order valence-corrected chi connectivity index (χ2v) is 4.31. The summed E-state index contributed by atoms with van der Waals surface area (Å²) in [4.78, 5) is 0.00449. The zero-order chi connectivity index (χ0) is 10.1. The van der Waals surface area contributed by atoms with E-state index in [0.29, 0.717) is 0 Å². The lowest BCUT2D eigenvalue weighted by Gasteiger charge is -2.00. The molecule has 1 aromatic rings. The third-order valence-electron chi connectivity index (χ3n) is 1.30. The predicted molar refractivity (Wildman–Crippen MR) is 44.1 cm³/mol. The molecule has 1 aromatic heterocycles. The average Bonchev–Trinajstić information content (AvgIpc) is 2.01. The number of hydrazine groups is 1. The van der Waals surface area contributed by atoms with Gasteiger partial charge in [0.15, 0.2) is 0 Å². The Balaban J connectivity index is 3.29. The largest absolute Gasteiger partial charge is 0.593 e. The number of nitrogens with two attached hydrogens (primary N) is 1. The molecule has 0 aromatic carbocycles. The Morgan fingerprint density at radius 2 is 2.23 bits per heavy atom. The molecule has 0 amide bonds. The van der Waals surface area contributed by atoms with E-state index in [1.165, 1.54) is 6.07 Å². The minimum atomic E-state index is -3.54. The molecule has 8 heteroatoms. The van der Waals surface area contributed by atoms with Crippen LogP contribution in [0.25, 0.3) is 0 Å². The van der Waals surface area contributed by atoms with Crippen molar-refractivity contribution in [2.75, 3.05) is 11.7 Å². The fourth-order valence-electron chi connectivity index (χ4n) is 0.737. The molecule has 0 fully saturated rings. The van der Waals surface area contributed by atoms with E-state index in [2.05, 4.69) is 10.5 Å². The Kier molecular flexibility index (Phi) is 2.34. The van der Waals surface area contributed by atoms with Gasteiger partial charge in [0, 0.05) is 17.4 Å². The summed E-state index contributed by atoms with van der Waals surface area (Å²) in [6.45, 7) is 0. The van der Waals surface area contributed by atoms with Crippen molar-refractivity contribution in [1.82, 2.24) is 5.10 Å². The van der Waals surface area contributed by atoms with Crippen molar-refractivity contribution in [2.24, 2.45) is 5.84 Å². The molecule has 1 rings (SSSR count). The van der Waals surface area contributed by atoms with E-state index in [9.17, 15) is 13.6 Å². The lowest BCUT2D eigenvalue weighted by molar-refractivity contribution is -0.706. The zero-order valence-corrected chi connectivity index (χ0v) is 7.58. The summed E-state index contributed by atoms with van der Waals surface area (Å²) in [6, 6.07) is 2.43. The van der Waals surface area contributed by atoms with Crippen molar-refractivity contribution >= 4 is 15.7 Å². The topological polar surface area (TPSA) is 112 Å². The van der Waals surface area contributed by atoms with Crippen LogP contribution in [-0.2, 0) is 9.84 Å². The first-order chi connectivity index (χ1) is 5.95. The van der Waals surface area contributed by atoms with Gasteiger partial charge in [-0.1, -0.05) is 0 Å². The Labute approximate surface area is 74.6 Å². The fraction of sp³-hybridized carbons (Fsp3) is 0.200. The van der Waals surface area contributed by atoms with Gasteiger partial charge in [0.05, 0.1) is 0 Å². The Hall–Kier alpha value is -1.41. The first kappa shape index (κ1) is 9.68. The molecule has 72 valence electrons. The average molecular weight is 204 g/mol. The lowest BCUT2D eigenvalue weighted by atomic mass is 10.5. The van der Waals surface area contributed by atoms with Crippen LogP contribution in [0.5, 0.6) is 0 Å². The highest BCUT2D eigenvalue weighted by atomic mass is 32.2. The fourth-order valence-corrected chi connectivity index (χ4v) is 1.38. The smallest absolute Gasteiger partial charge is 0.334 e. The highest BCUT2D eigenvalue weighted by molar-refractivity contribution is 7.90. The quantitative estimate of drug-likeness (QED) is 0.260. The van der Waals surface area contributed by atoms with E-state index in [4.69, 9.17) is 5.84 Å². The van der Waals surface area contributed by atoms with E-state index in [1.54, 1.807) is 0 Å². The molecule has 0 radical (unpaired) electrons. The first-order valence-corrected chi connectivity index (χ1v) is 5.12. The summed E-state index contributed by atoms with van der Waals surface area (Å²) in [7, 11) is -3.54. The van der Waals surface area contributed by atoms with Gasteiger partial charge in [-0.3, -0.25) is 0 Å². The maximum Gasteiger partial charge on any atom is 0.334 e. The number of anilines is 1. The molecule has 0 saturated heterocycles. The normalized spacial score (nSPS) is 11.2. The van der Waals surface area contributed by atoms with Crippen LogP contribution in [0.15, 0.2) is 17.2 Å². The number of hydrogen-bond acceptors (Lipinski definition) is 6. The van der Waals surface area contributed by atoms with Crippen molar-refractivity contribution in [2.45, 2.75) is 5.03 Å². The van der Waals surface area contributed by atoms with Crippen LogP contribution in [0.1, 0.15) is 0 Å². The summed E-state index contributed by atoms with van der Waals surface area (Å²) in [5.41, 5.74) is 2.12. The van der Waals surface area contributed by atoms with Gasteiger partial charge in [0.25, 0.3) is 0 Å². The minimum Gasteiger partial charge on any atom is -0.593 e. The summed E-state index contributed by atoms with van der Waals surface area (Å²) < 4.78 is 21.9. The van der Waals surface area contributed by atoms with Gasteiger partial charge in [-0.05, 0) is 10.9 Å². The van der Waals surface area contributed by atoms with E-state index < -0.39 is 14.9 Å². The van der Waals surface area contributed by atoms with E-state index in [0.717, 1.165) is 12.3 Å². The van der Waals surface area contributed by atoms with Crippen LogP contribution >= 0.6 is 0 Å². The summed E-state index contributed by atoms with van der Waals surface area (Å²) >= 11 is 0. The van der Waals surface area contributed by atoms with Crippen molar-refractivity contribution in [3.8, 4) is 0 Å². The van der Waals surface area contributed by atoms with Gasteiger partial charge in [0.2, 0.25) is 15.7 Å². The van der Waals surface area contributed by atoms with Gasteiger partial charge in [-0.15, -0.1) is 0 Å². The summed E-state index contributed by atoms with van der Waals surface area (Å²) in [5, 5.41) is 13.9. The van der Waals surface area contributed by atoms with Crippen LogP contribution in [0.2, 0.25) is 0 Å². The van der Waals surface area contributed by atoms with E-state index >= 15 is 0 Å². The van der Waals surface area contributed by atoms with Gasteiger partial charge < -0.3 is 10.6 Å².